The molecule has 1 unspecified atom stereocenters. The minimum absolute atomic E-state index is 0.000576. The number of fused-ring (bicyclic) bond motifs is 1. The van der Waals surface area contributed by atoms with Crippen LogP contribution < -0.4 is 14.8 Å². The number of sulfone groups is 2. The van der Waals surface area contributed by atoms with Gasteiger partial charge >= 0.3 is 0 Å². The second-order valence-corrected chi connectivity index (χ2v) is 11.8. The molecule has 1 N–H and O–H groups in total. The maximum atomic E-state index is 13.4. The number of amides is 1. The highest BCUT2D eigenvalue weighted by Crippen LogP contribution is 2.43. The number of methoxy groups -OCH3 is 2. The summed E-state index contributed by atoms with van der Waals surface area (Å²) in [4.78, 5) is 13.0. The number of para-hydroxylation sites is 1. The molecule has 0 bridgehead atoms. The van der Waals surface area contributed by atoms with Gasteiger partial charge in [-0.3, -0.25) is 4.79 Å². The molecule has 0 aromatic heterocycles. The van der Waals surface area contributed by atoms with Crippen molar-refractivity contribution in [3.05, 3.63) is 83.4 Å². The van der Waals surface area contributed by atoms with E-state index >= 15 is 0 Å². The normalized spacial score (nSPS) is 16.5. The molecule has 0 radical (unpaired) electrons. The molecule has 1 aliphatic heterocycles. The molecule has 0 aliphatic carbocycles. The number of hydrogen-bond acceptors (Lipinski definition) is 7. The predicted molar refractivity (Wildman–Crippen MR) is 126 cm³/mol. The highest BCUT2D eigenvalue weighted by Gasteiger charge is 2.45. The third-order valence-corrected chi connectivity index (χ3v) is 9.80. The summed E-state index contributed by atoms with van der Waals surface area (Å²) in [5, 5.41) is 1.36. The van der Waals surface area contributed by atoms with Gasteiger partial charge in [0.1, 0.15) is 5.25 Å². The van der Waals surface area contributed by atoms with Crippen molar-refractivity contribution >= 4 is 25.6 Å². The van der Waals surface area contributed by atoms with Crippen LogP contribution in [0.3, 0.4) is 0 Å². The standard InChI is InChI=1S/C24H23NO7S2/c1-31-19-12-6-8-16(23(19)32-2)14-25-24(26)18-11-7-13-20-22(18)21(15-33(20,27)28)34(29,30)17-9-4-3-5-10-17/h3-13,21H,14-15H2,1-2H3,(H,25,26). The fraction of sp³-hybridized carbons (Fsp3) is 0.208. The number of rotatable bonds is 7. The second kappa shape index (κ2) is 9.11. The minimum atomic E-state index is -4.06. The van der Waals surface area contributed by atoms with Crippen molar-refractivity contribution in [3.8, 4) is 11.5 Å². The van der Waals surface area contributed by atoms with Gasteiger partial charge in [-0.25, -0.2) is 16.8 Å². The maximum absolute atomic E-state index is 13.4. The molecule has 0 fully saturated rings. The Morgan fingerprint density at radius 2 is 1.68 bits per heavy atom. The van der Waals surface area contributed by atoms with Crippen LogP contribution in [0, 0.1) is 0 Å². The van der Waals surface area contributed by atoms with E-state index in [-0.39, 0.29) is 27.5 Å². The molecular weight excluding hydrogens is 478 g/mol. The van der Waals surface area contributed by atoms with Crippen molar-refractivity contribution in [2.24, 2.45) is 0 Å². The molecule has 3 aromatic carbocycles. The van der Waals surface area contributed by atoms with E-state index in [0.717, 1.165) is 0 Å². The number of ether oxygens (including phenoxy) is 2. The highest BCUT2D eigenvalue weighted by molar-refractivity contribution is 7.96. The lowest BCUT2D eigenvalue weighted by Gasteiger charge is -2.16. The van der Waals surface area contributed by atoms with E-state index in [1.165, 1.54) is 44.6 Å². The maximum Gasteiger partial charge on any atom is 0.251 e. The van der Waals surface area contributed by atoms with Crippen LogP contribution in [-0.2, 0) is 26.2 Å². The first-order valence-corrected chi connectivity index (χ1v) is 13.5. The van der Waals surface area contributed by atoms with Gasteiger partial charge in [0.2, 0.25) is 0 Å². The monoisotopic (exact) mass is 501 g/mol. The molecule has 34 heavy (non-hydrogen) atoms. The highest BCUT2D eigenvalue weighted by atomic mass is 32.2. The van der Waals surface area contributed by atoms with E-state index in [0.29, 0.717) is 17.1 Å². The molecule has 10 heteroatoms. The second-order valence-electron chi connectivity index (χ2n) is 7.68. The Labute approximate surface area is 198 Å². The van der Waals surface area contributed by atoms with Crippen LogP contribution in [0.4, 0.5) is 0 Å². The van der Waals surface area contributed by atoms with Crippen LogP contribution in [-0.4, -0.2) is 42.7 Å². The van der Waals surface area contributed by atoms with Crippen LogP contribution in [0.15, 0.2) is 76.5 Å². The zero-order chi connectivity index (χ0) is 24.5. The van der Waals surface area contributed by atoms with Crippen molar-refractivity contribution in [1.29, 1.82) is 0 Å². The molecule has 1 heterocycles. The van der Waals surface area contributed by atoms with Crippen molar-refractivity contribution in [3.63, 3.8) is 0 Å². The quantitative estimate of drug-likeness (QED) is 0.529. The molecule has 4 rings (SSSR count). The van der Waals surface area contributed by atoms with E-state index in [9.17, 15) is 21.6 Å². The number of benzene rings is 3. The number of carbonyl (C=O) groups is 1. The molecule has 3 aromatic rings. The summed E-state index contributed by atoms with van der Waals surface area (Å²) in [7, 11) is -4.96. The van der Waals surface area contributed by atoms with Gasteiger partial charge in [-0.15, -0.1) is 0 Å². The summed E-state index contributed by atoms with van der Waals surface area (Å²) in [6.45, 7) is 0.0612. The average molecular weight is 502 g/mol. The van der Waals surface area contributed by atoms with E-state index in [4.69, 9.17) is 9.47 Å². The van der Waals surface area contributed by atoms with Gasteiger partial charge in [-0.2, -0.15) is 0 Å². The van der Waals surface area contributed by atoms with Gasteiger partial charge in [0.05, 0.1) is 29.8 Å². The third kappa shape index (κ3) is 4.14. The molecular formula is C24H23NO7S2. The molecule has 0 saturated carbocycles. The Morgan fingerprint density at radius 3 is 2.35 bits per heavy atom. The predicted octanol–water partition coefficient (Wildman–Crippen LogP) is 2.94. The van der Waals surface area contributed by atoms with Crippen LogP contribution in [0.25, 0.3) is 0 Å². The summed E-state index contributed by atoms with van der Waals surface area (Å²) in [5.74, 6) is -0.258. The Kier molecular flexibility index (Phi) is 6.37. The molecule has 0 saturated heterocycles. The average Bonchev–Trinajstić information content (AvgIpc) is 3.14. The van der Waals surface area contributed by atoms with E-state index in [1.54, 1.807) is 36.4 Å². The lowest BCUT2D eigenvalue weighted by Crippen LogP contribution is -2.26. The lowest BCUT2D eigenvalue weighted by atomic mass is 10.0. The molecule has 0 spiro atoms. The summed E-state index contributed by atoms with van der Waals surface area (Å²) >= 11 is 0. The number of nitrogens with one attached hydrogen (secondary N) is 1. The van der Waals surface area contributed by atoms with Gasteiger partial charge in [0, 0.05) is 23.2 Å². The molecule has 178 valence electrons. The van der Waals surface area contributed by atoms with E-state index < -0.39 is 36.6 Å². The van der Waals surface area contributed by atoms with Gasteiger partial charge in [-0.05, 0) is 30.3 Å². The van der Waals surface area contributed by atoms with Crippen molar-refractivity contribution in [2.75, 3.05) is 20.0 Å². The first kappa shape index (κ1) is 23.8. The van der Waals surface area contributed by atoms with Gasteiger partial charge in [-0.1, -0.05) is 36.4 Å². The van der Waals surface area contributed by atoms with Crippen molar-refractivity contribution in [1.82, 2.24) is 5.32 Å². The van der Waals surface area contributed by atoms with Gasteiger partial charge in [0.25, 0.3) is 5.91 Å². The molecule has 1 aliphatic rings. The molecule has 1 amide bonds. The summed E-state index contributed by atoms with van der Waals surface area (Å²) < 4.78 is 63.0. The fourth-order valence-electron chi connectivity index (χ4n) is 4.10. The Bertz CT molecular complexity index is 1450. The van der Waals surface area contributed by atoms with Crippen LogP contribution >= 0.6 is 0 Å². The number of hydrogen-bond donors (Lipinski definition) is 1. The zero-order valence-electron chi connectivity index (χ0n) is 18.5. The van der Waals surface area contributed by atoms with Crippen LogP contribution in [0.2, 0.25) is 0 Å². The van der Waals surface area contributed by atoms with E-state index in [2.05, 4.69) is 5.32 Å². The summed E-state index contributed by atoms with van der Waals surface area (Å²) in [5.41, 5.74) is 0.648. The first-order valence-electron chi connectivity index (χ1n) is 10.3. The molecule has 8 nitrogen and oxygen atoms in total. The minimum Gasteiger partial charge on any atom is -0.493 e. The summed E-state index contributed by atoms with van der Waals surface area (Å²) in [6.07, 6.45) is 0. The Balaban J connectivity index is 1.72. The summed E-state index contributed by atoms with van der Waals surface area (Å²) in [6, 6.07) is 17.1. The largest absolute Gasteiger partial charge is 0.493 e. The zero-order valence-corrected chi connectivity index (χ0v) is 20.1. The SMILES string of the molecule is COc1cccc(CNC(=O)c2cccc3c2C(S(=O)(=O)c2ccccc2)CS3(=O)=O)c1OC. The smallest absolute Gasteiger partial charge is 0.251 e. The van der Waals surface area contributed by atoms with Crippen molar-refractivity contribution < 1.29 is 31.1 Å². The third-order valence-electron chi connectivity index (χ3n) is 5.71. The lowest BCUT2D eigenvalue weighted by molar-refractivity contribution is 0.0949. The Morgan fingerprint density at radius 1 is 0.971 bits per heavy atom. The van der Waals surface area contributed by atoms with Gasteiger partial charge in [0.15, 0.2) is 31.2 Å². The van der Waals surface area contributed by atoms with Gasteiger partial charge < -0.3 is 14.8 Å². The number of carbonyl (C=O) groups excluding carboxylic acids is 1. The topological polar surface area (TPSA) is 116 Å². The molecule has 1 atom stereocenters. The Hall–Kier alpha value is -3.37. The van der Waals surface area contributed by atoms with Crippen LogP contribution in [0.1, 0.15) is 26.7 Å². The van der Waals surface area contributed by atoms with Crippen molar-refractivity contribution in [2.45, 2.75) is 21.6 Å². The first-order chi connectivity index (χ1) is 16.2. The van der Waals surface area contributed by atoms with Crippen LogP contribution in [0.5, 0.6) is 11.5 Å². The fourth-order valence-corrected chi connectivity index (χ4v) is 8.48. The van der Waals surface area contributed by atoms with E-state index in [1.807, 2.05) is 0 Å².